The predicted octanol–water partition coefficient (Wildman–Crippen LogP) is 3.97. The second-order valence-electron chi connectivity index (χ2n) is 8.07. The van der Waals surface area contributed by atoms with E-state index in [1.165, 1.54) is 7.11 Å². The summed E-state index contributed by atoms with van der Waals surface area (Å²) in [4.78, 5) is 14.8. The van der Waals surface area contributed by atoms with Crippen LogP contribution in [0.2, 0.25) is 0 Å². The molecule has 0 saturated carbocycles. The molecule has 1 N–H and O–H groups in total. The summed E-state index contributed by atoms with van der Waals surface area (Å²) in [5, 5.41) is 0. The molecule has 1 amide bonds. The van der Waals surface area contributed by atoms with Crippen molar-refractivity contribution in [2.75, 3.05) is 29.9 Å². The average Bonchev–Trinajstić information content (AvgIpc) is 2.78. The minimum absolute atomic E-state index is 0.0524. The van der Waals surface area contributed by atoms with Crippen molar-refractivity contribution in [2.45, 2.75) is 39.0 Å². The summed E-state index contributed by atoms with van der Waals surface area (Å²) in [7, 11) is -2.47. The van der Waals surface area contributed by atoms with Crippen LogP contribution in [-0.4, -0.2) is 34.6 Å². The highest BCUT2D eigenvalue weighted by Crippen LogP contribution is 2.39. The van der Waals surface area contributed by atoms with Crippen molar-refractivity contribution >= 4 is 27.3 Å². The number of fused-ring (bicyclic) bond motifs is 1. The van der Waals surface area contributed by atoms with Crippen molar-refractivity contribution in [2.24, 2.45) is 5.41 Å². The monoisotopic (exact) mass is 432 g/mol. The van der Waals surface area contributed by atoms with Crippen LogP contribution >= 0.6 is 0 Å². The second kappa shape index (κ2) is 8.18. The normalized spacial score (nSPS) is 15.8. The van der Waals surface area contributed by atoms with Crippen LogP contribution in [0.1, 0.15) is 32.8 Å². The van der Waals surface area contributed by atoms with E-state index < -0.39 is 15.4 Å². The Morgan fingerprint density at radius 2 is 1.93 bits per heavy atom. The molecule has 2 aromatic carbocycles. The van der Waals surface area contributed by atoms with Gasteiger partial charge < -0.3 is 14.4 Å². The smallest absolute Gasteiger partial charge is 0.265 e. The van der Waals surface area contributed by atoms with Gasteiger partial charge in [0.05, 0.1) is 23.9 Å². The lowest BCUT2D eigenvalue weighted by atomic mass is 9.93. The molecule has 0 bridgehead atoms. The second-order valence-corrected chi connectivity index (χ2v) is 9.72. The fraction of sp³-hybridized carbons (Fsp3) is 0.409. The molecule has 7 nitrogen and oxygen atoms in total. The summed E-state index contributed by atoms with van der Waals surface area (Å²) < 4.78 is 39.8. The summed E-state index contributed by atoms with van der Waals surface area (Å²) in [6.45, 7) is 8.26. The molecule has 0 atom stereocenters. The summed E-state index contributed by atoms with van der Waals surface area (Å²) in [6.07, 6.45) is 0.762. The van der Waals surface area contributed by atoms with E-state index >= 15 is 0 Å². The average molecular weight is 433 g/mol. The fourth-order valence-corrected chi connectivity index (χ4v) is 4.66. The van der Waals surface area contributed by atoms with Gasteiger partial charge in [0.1, 0.15) is 23.0 Å². The Hall–Kier alpha value is -2.74. The van der Waals surface area contributed by atoms with Crippen LogP contribution in [0.15, 0.2) is 41.3 Å². The van der Waals surface area contributed by atoms with E-state index in [1.807, 2.05) is 27.7 Å². The standard InChI is InChI=1S/C22H28N2O5S/c1-6-11-24-17-13-16(8-10-18(17)29-14-22(3,4)21(24)25)23-30(26,27)20-12-15(2)7-9-19(20)28-5/h7-10,12-13,23H,6,11,14H2,1-5H3. The summed E-state index contributed by atoms with van der Waals surface area (Å²) >= 11 is 0. The van der Waals surface area contributed by atoms with Gasteiger partial charge in [-0.3, -0.25) is 9.52 Å². The molecule has 3 rings (SSSR count). The Morgan fingerprint density at radius 1 is 1.20 bits per heavy atom. The number of amides is 1. The molecule has 0 radical (unpaired) electrons. The Morgan fingerprint density at radius 3 is 2.60 bits per heavy atom. The SMILES string of the molecule is CCCN1C(=O)C(C)(C)COc2ccc(NS(=O)(=O)c3cc(C)ccc3OC)cc21. The van der Waals surface area contributed by atoms with E-state index in [-0.39, 0.29) is 23.2 Å². The third kappa shape index (κ3) is 4.23. The lowest BCUT2D eigenvalue weighted by molar-refractivity contribution is -0.127. The Kier molecular flexibility index (Phi) is 5.99. The van der Waals surface area contributed by atoms with Crippen molar-refractivity contribution in [3.05, 3.63) is 42.0 Å². The summed E-state index contributed by atoms with van der Waals surface area (Å²) in [5.41, 5.74) is 1.02. The number of carbonyl (C=O) groups is 1. The minimum Gasteiger partial charge on any atom is -0.495 e. The molecule has 1 aliphatic heterocycles. The number of sulfonamides is 1. The van der Waals surface area contributed by atoms with Gasteiger partial charge in [0.15, 0.2) is 0 Å². The minimum atomic E-state index is -3.90. The number of rotatable bonds is 6. The van der Waals surface area contributed by atoms with Crippen LogP contribution in [-0.2, 0) is 14.8 Å². The first-order chi connectivity index (χ1) is 14.1. The number of aryl methyl sites for hydroxylation is 1. The lowest BCUT2D eigenvalue weighted by Crippen LogP contribution is -2.42. The van der Waals surface area contributed by atoms with Gasteiger partial charge in [0, 0.05) is 6.54 Å². The van der Waals surface area contributed by atoms with Crippen molar-refractivity contribution in [1.29, 1.82) is 0 Å². The van der Waals surface area contributed by atoms with E-state index in [2.05, 4.69) is 4.72 Å². The van der Waals surface area contributed by atoms with Crippen LogP contribution < -0.4 is 19.1 Å². The predicted molar refractivity (Wildman–Crippen MR) is 117 cm³/mol. The Bertz CT molecular complexity index is 1060. The largest absolute Gasteiger partial charge is 0.495 e. The molecular formula is C22H28N2O5S. The molecule has 0 saturated heterocycles. The highest BCUT2D eigenvalue weighted by Gasteiger charge is 2.37. The van der Waals surface area contributed by atoms with Gasteiger partial charge in [-0.1, -0.05) is 13.0 Å². The zero-order valence-electron chi connectivity index (χ0n) is 18.0. The number of benzene rings is 2. The number of nitrogens with zero attached hydrogens (tertiary/aromatic N) is 1. The van der Waals surface area contributed by atoms with Gasteiger partial charge in [0.2, 0.25) is 5.91 Å². The Balaban J connectivity index is 2.02. The molecule has 8 heteroatoms. The van der Waals surface area contributed by atoms with Gasteiger partial charge in [-0.2, -0.15) is 0 Å². The number of anilines is 2. The molecule has 0 unspecified atom stereocenters. The van der Waals surface area contributed by atoms with E-state index in [0.717, 1.165) is 12.0 Å². The Labute approximate surface area is 178 Å². The molecule has 0 spiro atoms. The third-order valence-electron chi connectivity index (χ3n) is 4.97. The molecular weight excluding hydrogens is 404 g/mol. The van der Waals surface area contributed by atoms with Gasteiger partial charge in [-0.25, -0.2) is 8.42 Å². The first kappa shape index (κ1) is 22.0. The molecule has 30 heavy (non-hydrogen) atoms. The van der Waals surface area contributed by atoms with Gasteiger partial charge in [0.25, 0.3) is 10.0 Å². The zero-order chi connectivity index (χ0) is 22.1. The molecule has 0 aliphatic carbocycles. The van der Waals surface area contributed by atoms with Gasteiger partial charge >= 0.3 is 0 Å². The van der Waals surface area contributed by atoms with Crippen molar-refractivity contribution in [3.8, 4) is 11.5 Å². The summed E-state index contributed by atoms with van der Waals surface area (Å²) in [5.74, 6) is 0.762. The molecule has 1 heterocycles. The maximum Gasteiger partial charge on any atom is 0.265 e. The van der Waals surface area contributed by atoms with Gasteiger partial charge in [-0.05, 0) is 63.1 Å². The van der Waals surface area contributed by atoms with Crippen molar-refractivity contribution in [1.82, 2.24) is 0 Å². The maximum atomic E-state index is 13.0. The number of ether oxygens (including phenoxy) is 2. The van der Waals surface area contributed by atoms with E-state index in [4.69, 9.17) is 9.47 Å². The van der Waals surface area contributed by atoms with E-state index in [9.17, 15) is 13.2 Å². The lowest BCUT2D eigenvalue weighted by Gasteiger charge is -2.28. The van der Waals surface area contributed by atoms with Crippen molar-refractivity contribution < 1.29 is 22.7 Å². The first-order valence-electron chi connectivity index (χ1n) is 9.85. The summed E-state index contributed by atoms with van der Waals surface area (Å²) in [6, 6.07) is 9.93. The molecule has 0 aromatic heterocycles. The number of carbonyl (C=O) groups excluding carboxylic acids is 1. The number of hydrogen-bond acceptors (Lipinski definition) is 5. The zero-order valence-corrected chi connectivity index (χ0v) is 18.8. The topological polar surface area (TPSA) is 84.9 Å². The van der Waals surface area contributed by atoms with Crippen LogP contribution in [0.5, 0.6) is 11.5 Å². The number of hydrogen-bond donors (Lipinski definition) is 1. The quantitative estimate of drug-likeness (QED) is 0.747. The first-order valence-corrected chi connectivity index (χ1v) is 11.3. The van der Waals surface area contributed by atoms with Gasteiger partial charge in [-0.15, -0.1) is 0 Å². The molecule has 162 valence electrons. The van der Waals surface area contributed by atoms with E-state index in [0.29, 0.717) is 23.7 Å². The van der Waals surface area contributed by atoms with Crippen LogP contribution in [0, 0.1) is 12.3 Å². The number of methoxy groups -OCH3 is 1. The highest BCUT2D eigenvalue weighted by molar-refractivity contribution is 7.92. The van der Waals surface area contributed by atoms with Crippen LogP contribution in [0.25, 0.3) is 0 Å². The third-order valence-corrected chi connectivity index (χ3v) is 6.37. The fourth-order valence-electron chi connectivity index (χ4n) is 3.36. The molecule has 2 aromatic rings. The number of nitrogens with one attached hydrogen (secondary N) is 1. The van der Waals surface area contributed by atoms with Crippen LogP contribution in [0.4, 0.5) is 11.4 Å². The van der Waals surface area contributed by atoms with E-state index in [1.54, 1.807) is 41.3 Å². The highest BCUT2D eigenvalue weighted by atomic mass is 32.2. The molecule has 1 aliphatic rings. The van der Waals surface area contributed by atoms with Crippen molar-refractivity contribution in [3.63, 3.8) is 0 Å². The van der Waals surface area contributed by atoms with Crippen LogP contribution in [0.3, 0.4) is 0 Å². The maximum absolute atomic E-state index is 13.0. The molecule has 0 fully saturated rings.